The second-order valence-electron chi connectivity index (χ2n) is 3.15. The molecule has 2 rings (SSSR count). The maximum absolute atomic E-state index is 10.6. The van der Waals surface area contributed by atoms with Crippen molar-refractivity contribution < 1.29 is 9.53 Å². The molecule has 0 spiro atoms. The second-order valence-corrected chi connectivity index (χ2v) is 3.15. The van der Waals surface area contributed by atoms with Crippen molar-refractivity contribution in [3.63, 3.8) is 0 Å². The summed E-state index contributed by atoms with van der Waals surface area (Å²) in [6.07, 6.45) is 2.43. The van der Waals surface area contributed by atoms with Crippen LogP contribution in [0.2, 0.25) is 0 Å². The van der Waals surface area contributed by atoms with Gasteiger partial charge in [-0.15, -0.1) is 0 Å². The van der Waals surface area contributed by atoms with Gasteiger partial charge in [-0.2, -0.15) is 0 Å². The Balaban J connectivity index is 2.02. The fourth-order valence-corrected chi connectivity index (χ4v) is 1.32. The number of nitrogens with one attached hydrogen (secondary N) is 1. The number of aromatic amines is 1. The lowest BCUT2D eigenvalue weighted by atomic mass is 10.2. The molecule has 0 fully saturated rings. The average Bonchev–Trinajstić information content (AvgIpc) is 2.75. The van der Waals surface area contributed by atoms with Crippen molar-refractivity contribution in [2.75, 3.05) is 0 Å². The molecular weight excluding hydrogens is 190 g/mol. The minimum Gasteiger partial charge on any atom is -0.487 e. The van der Waals surface area contributed by atoms with E-state index in [2.05, 4.69) is 4.98 Å². The van der Waals surface area contributed by atoms with Crippen LogP contribution in [0.1, 0.15) is 16.1 Å². The van der Waals surface area contributed by atoms with Gasteiger partial charge in [-0.3, -0.25) is 4.79 Å². The minimum absolute atomic E-state index is 0.472. The third kappa shape index (κ3) is 2.26. The quantitative estimate of drug-likeness (QED) is 0.772. The summed E-state index contributed by atoms with van der Waals surface area (Å²) in [7, 11) is 0. The van der Waals surface area contributed by atoms with Crippen LogP contribution in [0.25, 0.3) is 0 Å². The topological polar surface area (TPSA) is 42.1 Å². The van der Waals surface area contributed by atoms with Crippen molar-refractivity contribution >= 4 is 6.29 Å². The molecular formula is C12H11NO2. The van der Waals surface area contributed by atoms with Gasteiger partial charge >= 0.3 is 0 Å². The van der Waals surface area contributed by atoms with Crippen LogP contribution in [-0.2, 0) is 6.61 Å². The summed E-state index contributed by atoms with van der Waals surface area (Å²) in [6, 6.07) is 11.6. The molecule has 15 heavy (non-hydrogen) atoms. The highest BCUT2D eigenvalue weighted by atomic mass is 16.5. The molecule has 0 saturated carbocycles. The van der Waals surface area contributed by atoms with E-state index in [0.29, 0.717) is 18.1 Å². The maximum atomic E-state index is 10.6. The van der Waals surface area contributed by atoms with Gasteiger partial charge < -0.3 is 9.72 Å². The molecule has 0 saturated heterocycles. The zero-order valence-electron chi connectivity index (χ0n) is 8.14. The first-order valence-corrected chi connectivity index (χ1v) is 4.69. The molecule has 0 amide bonds. The number of benzene rings is 1. The SMILES string of the molecule is O=Cc1[nH]ccc1OCc1ccccc1. The van der Waals surface area contributed by atoms with Crippen molar-refractivity contribution in [3.05, 3.63) is 53.9 Å². The van der Waals surface area contributed by atoms with Gasteiger partial charge in [0.05, 0.1) is 0 Å². The Kier molecular flexibility index (Phi) is 2.83. The van der Waals surface area contributed by atoms with E-state index in [0.717, 1.165) is 11.8 Å². The van der Waals surface area contributed by atoms with E-state index in [4.69, 9.17) is 4.74 Å². The van der Waals surface area contributed by atoms with Crippen LogP contribution < -0.4 is 4.74 Å². The van der Waals surface area contributed by atoms with Gasteiger partial charge in [-0.1, -0.05) is 30.3 Å². The molecule has 0 aliphatic carbocycles. The molecule has 1 aromatic heterocycles. The summed E-state index contributed by atoms with van der Waals surface area (Å²) < 4.78 is 5.49. The van der Waals surface area contributed by atoms with Crippen LogP contribution in [-0.4, -0.2) is 11.3 Å². The number of aldehydes is 1. The number of hydrogen-bond acceptors (Lipinski definition) is 2. The Morgan fingerprint density at radius 1 is 1.20 bits per heavy atom. The highest BCUT2D eigenvalue weighted by molar-refractivity contribution is 5.76. The third-order valence-corrected chi connectivity index (χ3v) is 2.09. The van der Waals surface area contributed by atoms with Gasteiger partial charge in [0, 0.05) is 6.20 Å². The fourth-order valence-electron chi connectivity index (χ4n) is 1.32. The first-order valence-electron chi connectivity index (χ1n) is 4.69. The Morgan fingerprint density at radius 3 is 2.73 bits per heavy atom. The number of H-pyrrole nitrogens is 1. The first kappa shape index (κ1) is 9.52. The highest BCUT2D eigenvalue weighted by Gasteiger charge is 2.02. The molecule has 76 valence electrons. The van der Waals surface area contributed by atoms with Crippen LogP contribution in [0.4, 0.5) is 0 Å². The molecule has 3 nitrogen and oxygen atoms in total. The van der Waals surface area contributed by atoms with Gasteiger partial charge in [0.1, 0.15) is 18.1 Å². The average molecular weight is 201 g/mol. The van der Waals surface area contributed by atoms with Crippen LogP contribution >= 0.6 is 0 Å². The second kappa shape index (κ2) is 4.46. The van der Waals surface area contributed by atoms with Gasteiger partial charge in [0.15, 0.2) is 6.29 Å². The monoisotopic (exact) mass is 201 g/mol. The molecule has 0 atom stereocenters. The Labute approximate surface area is 87.7 Å². The van der Waals surface area contributed by atoms with Crippen molar-refractivity contribution in [1.82, 2.24) is 4.98 Å². The molecule has 1 heterocycles. The first-order chi connectivity index (χ1) is 7.40. The molecule has 1 aromatic carbocycles. The van der Waals surface area contributed by atoms with Gasteiger partial charge in [-0.25, -0.2) is 0 Å². The van der Waals surface area contributed by atoms with Gasteiger partial charge in [0.25, 0.3) is 0 Å². The largest absolute Gasteiger partial charge is 0.487 e. The Morgan fingerprint density at radius 2 is 2.00 bits per heavy atom. The Hall–Kier alpha value is -2.03. The number of rotatable bonds is 4. The van der Waals surface area contributed by atoms with E-state index in [-0.39, 0.29) is 0 Å². The van der Waals surface area contributed by atoms with E-state index < -0.39 is 0 Å². The van der Waals surface area contributed by atoms with Crippen LogP contribution in [0.5, 0.6) is 5.75 Å². The summed E-state index contributed by atoms with van der Waals surface area (Å²) in [4.78, 5) is 13.4. The van der Waals surface area contributed by atoms with E-state index in [9.17, 15) is 4.79 Å². The number of carbonyl (C=O) groups excluding carboxylic acids is 1. The van der Waals surface area contributed by atoms with Crippen molar-refractivity contribution in [3.8, 4) is 5.75 Å². The highest BCUT2D eigenvalue weighted by Crippen LogP contribution is 2.16. The summed E-state index contributed by atoms with van der Waals surface area (Å²) in [5, 5.41) is 0. The van der Waals surface area contributed by atoms with E-state index in [1.54, 1.807) is 12.3 Å². The third-order valence-electron chi connectivity index (χ3n) is 2.09. The summed E-state index contributed by atoms with van der Waals surface area (Å²) >= 11 is 0. The van der Waals surface area contributed by atoms with Gasteiger partial charge in [-0.05, 0) is 11.6 Å². The number of hydrogen-bond donors (Lipinski definition) is 1. The molecule has 0 bridgehead atoms. The lowest BCUT2D eigenvalue weighted by Crippen LogP contribution is -1.96. The van der Waals surface area contributed by atoms with Crippen LogP contribution in [0.3, 0.4) is 0 Å². The molecule has 3 heteroatoms. The lowest BCUT2D eigenvalue weighted by molar-refractivity contribution is 0.111. The smallest absolute Gasteiger partial charge is 0.170 e. The predicted octanol–water partition coefficient (Wildman–Crippen LogP) is 2.41. The molecule has 0 aliphatic rings. The van der Waals surface area contributed by atoms with Crippen LogP contribution in [0.15, 0.2) is 42.6 Å². The summed E-state index contributed by atoms with van der Waals surface area (Å²) in [6.45, 7) is 0.472. The van der Waals surface area contributed by atoms with E-state index in [1.165, 1.54) is 0 Å². The minimum atomic E-state index is 0.472. The zero-order valence-corrected chi connectivity index (χ0v) is 8.14. The van der Waals surface area contributed by atoms with E-state index >= 15 is 0 Å². The zero-order chi connectivity index (χ0) is 10.5. The maximum Gasteiger partial charge on any atom is 0.170 e. The lowest BCUT2D eigenvalue weighted by Gasteiger charge is -2.04. The van der Waals surface area contributed by atoms with Crippen molar-refractivity contribution in [1.29, 1.82) is 0 Å². The number of carbonyl (C=O) groups is 1. The molecule has 1 N–H and O–H groups in total. The number of aromatic nitrogens is 1. The Bertz CT molecular complexity index is 434. The predicted molar refractivity (Wildman–Crippen MR) is 57.0 cm³/mol. The summed E-state index contributed by atoms with van der Waals surface area (Å²) in [5.41, 5.74) is 1.56. The van der Waals surface area contributed by atoms with Gasteiger partial charge in [0.2, 0.25) is 0 Å². The normalized spacial score (nSPS) is 9.87. The molecule has 0 unspecified atom stereocenters. The van der Waals surface area contributed by atoms with Crippen molar-refractivity contribution in [2.24, 2.45) is 0 Å². The molecule has 0 radical (unpaired) electrons. The van der Waals surface area contributed by atoms with E-state index in [1.807, 2.05) is 30.3 Å². The molecule has 2 aromatic rings. The fraction of sp³-hybridized carbons (Fsp3) is 0.0833. The molecule has 0 aliphatic heterocycles. The van der Waals surface area contributed by atoms with Crippen LogP contribution in [0, 0.1) is 0 Å². The summed E-state index contributed by atoms with van der Waals surface area (Å²) in [5.74, 6) is 0.592. The number of ether oxygens (including phenoxy) is 1. The van der Waals surface area contributed by atoms with Crippen molar-refractivity contribution in [2.45, 2.75) is 6.61 Å². The standard InChI is InChI=1S/C12H11NO2/c14-8-11-12(6-7-13-11)15-9-10-4-2-1-3-5-10/h1-8,13H,9H2.